The first-order chi connectivity index (χ1) is 9.02. The summed E-state index contributed by atoms with van der Waals surface area (Å²) in [5, 5.41) is 8.99. The van der Waals surface area contributed by atoms with Gasteiger partial charge in [-0.2, -0.15) is 0 Å². The van der Waals surface area contributed by atoms with Crippen LogP contribution in [0, 0.1) is 5.82 Å². The number of carbonyl (C=O) groups is 1. The number of methoxy groups -OCH3 is 2. The van der Waals surface area contributed by atoms with Gasteiger partial charge in [0, 0.05) is 12.5 Å². The molecule has 1 aliphatic carbocycles. The monoisotopic (exact) mass is 268 g/mol. The van der Waals surface area contributed by atoms with Crippen LogP contribution in [0.25, 0.3) is 0 Å². The Morgan fingerprint density at radius 3 is 2.58 bits per heavy atom. The van der Waals surface area contributed by atoms with E-state index in [0.717, 1.165) is 24.0 Å². The highest BCUT2D eigenvalue weighted by Gasteiger charge is 2.47. The second kappa shape index (κ2) is 5.17. The van der Waals surface area contributed by atoms with Gasteiger partial charge in [-0.15, -0.1) is 0 Å². The molecule has 19 heavy (non-hydrogen) atoms. The molecule has 0 unspecified atom stereocenters. The number of halogens is 1. The normalized spacial score (nSPS) is 16.2. The lowest BCUT2D eigenvalue weighted by molar-refractivity contribution is -0.137. The van der Waals surface area contributed by atoms with E-state index in [2.05, 4.69) is 0 Å². The van der Waals surface area contributed by atoms with Gasteiger partial charge in [-0.1, -0.05) is 0 Å². The van der Waals surface area contributed by atoms with Crippen LogP contribution >= 0.6 is 0 Å². The summed E-state index contributed by atoms with van der Waals surface area (Å²) >= 11 is 0. The molecule has 0 heterocycles. The van der Waals surface area contributed by atoms with Crippen molar-refractivity contribution in [1.82, 2.24) is 0 Å². The van der Waals surface area contributed by atoms with E-state index >= 15 is 0 Å². The number of benzene rings is 1. The van der Waals surface area contributed by atoms with E-state index in [9.17, 15) is 9.18 Å². The standard InChI is InChI=1S/C14H17FO4/c1-18-8-9-5-12(19-2)11(15)6-10(9)14(3-4-14)7-13(16)17/h5-6H,3-4,7-8H2,1-2H3,(H,16,17). The van der Waals surface area contributed by atoms with E-state index in [-0.39, 0.29) is 12.2 Å². The number of rotatable bonds is 6. The topological polar surface area (TPSA) is 55.8 Å². The second-order valence-electron chi connectivity index (χ2n) is 4.93. The Kier molecular flexibility index (Phi) is 3.75. The van der Waals surface area contributed by atoms with Crippen LogP contribution in [0.15, 0.2) is 12.1 Å². The molecule has 2 rings (SSSR count). The van der Waals surface area contributed by atoms with Crippen molar-refractivity contribution in [3.8, 4) is 5.75 Å². The first kappa shape index (κ1) is 13.8. The summed E-state index contributed by atoms with van der Waals surface area (Å²) < 4.78 is 23.9. The lowest BCUT2D eigenvalue weighted by Crippen LogP contribution is -2.16. The van der Waals surface area contributed by atoms with Crippen LogP contribution in [-0.2, 0) is 21.6 Å². The smallest absolute Gasteiger partial charge is 0.304 e. The Morgan fingerprint density at radius 2 is 2.11 bits per heavy atom. The number of hydrogen-bond acceptors (Lipinski definition) is 3. The van der Waals surface area contributed by atoms with Crippen LogP contribution in [0.2, 0.25) is 0 Å². The maximum Gasteiger partial charge on any atom is 0.304 e. The Balaban J connectivity index is 2.43. The van der Waals surface area contributed by atoms with Crippen LogP contribution in [0.1, 0.15) is 30.4 Å². The number of hydrogen-bond donors (Lipinski definition) is 1. The Morgan fingerprint density at radius 1 is 1.42 bits per heavy atom. The number of carboxylic acids is 1. The van der Waals surface area contributed by atoms with Crippen LogP contribution in [-0.4, -0.2) is 25.3 Å². The Hall–Kier alpha value is -1.62. The first-order valence-electron chi connectivity index (χ1n) is 6.10. The zero-order chi connectivity index (χ0) is 14.0. The summed E-state index contributed by atoms with van der Waals surface area (Å²) in [6.45, 7) is 0.313. The largest absolute Gasteiger partial charge is 0.494 e. The molecule has 0 bridgehead atoms. The minimum absolute atomic E-state index is 0.0233. The molecule has 0 radical (unpaired) electrons. The maximum absolute atomic E-state index is 13.9. The zero-order valence-electron chi connectivity index (χ0n) is 11.0. The number of carboxylic acid groups (broad SMARTS) is 1. The SMILES string of the molecule is COCc1cc(OC)c(F)cc1C1(CC(=O)O)CC1. The lowest BCUT2D eigenvalue weighted by Gasteiger charge is -2.19. The van der Waals surface area contributed by atoms with Gasteiger partial charge in [0.1, 0.15) is 0 Å². The summed E-state index contributed by atoms with van der Waals surface area (Å²) in [5.74, 6) is -1.17. The van der Waals surface area contributed by atoms with Gasteiger partial charge in [0.05, 0.1) is 20.1 Å². The third kappa shape index (κ3) is 2.71. The minimum atomic E-state index is -0.864. The average molecular weight is 268 g/mol. The summed E-state index contributed by atoms with van der Waals surface area (Å²) in [4.78, 5) is 11.0. The predicted molar refractivity (Wildman–Crippen MR) is 66.8 cm³/mol. The second-order valence-corrected chi connectivity index (χ2v) is 4.93. The molecule has 4 nitrogen and oxygen atoms in total. The van der Waals surface area contributed by atoms with Gasteiger partial charge >= 0.3 is 5.97 Å². The van der Waals surface area contributed by atoms with E-state index in [4.69, 9.17) is 14.6 Å². The fourth-order valence-electron chi connectivity index (χ4n) is 2.50. The molecular formula is C14H17FO4. The fourth-order valence-corrected chi connectivity index (χ4v) is 2.50. The van der Waals surface area contributed by atoms with E-state index in [1.54, 1.807) is 13.2 Å². The van der Waals surface area contributed by atoms with Crippen LogP contribution in [0.5, 0.6) is 5.75 Å². The summed E-state index contributed by atoms with van der Waals surface area (Å²) in [7, 11) is 2.95. The molecule has 1 aliphatic rings. The molecule has 1 N–H and O–H groups in total. The predicted octanol–water partition coefficient (Wildman–Crippen LogP) is 2.49. The van der Waals surface area contributed by atoms with Gasteiger partial charge in [-0.3, -0.25) is 4.79 Å². The van der Waals surface area contributed by atoms with E-state index < -0.39 is 17.2 Å². The van der Waals surface area contributed by atoms with Crippen molar-refractivity contribution in [1.29, 1.82) is 0 Å². The quantitative estimate of drug-likeness (QED) is 0.861. The molecular weight excluding hydrogens is 251 g/mol. The van der Waals surface area contributed by atoms with Gasteiger partial charge < -0.3 is 14.6 Å². The Bertz CT molecular complexity index is 494. The molecule has 0 aliphatic heterocycles. The van der Waals surface area contributed by atoms with Crippen LogP contribution < -0.4 is 4.74 Å². The van der Waals surface area contributed by atoms with Gasteiger partial charge in [-0.25, -0.2) is 4.39 Å². The zero-order valence-corrected chi connectivity index (χ0v) is 11.0. The number of aliphatic carboxylic acids is 1. The van der Waals surface area contributed by atoms with Gasteiger partial charge in [0.25, 0.3) is 0 Å². The van der Waals surface area contributed by atoms with Crippen molar-refractivity contribution in [2.75, 3.05) is 14.2 Å². The number of ether oxygens (including phenoxy) is 2. The third-order valence-electron chi connectivity index (χ3n) is 3.59. The highest BCUT2D eigenvalue weighted by Crippen LogP contribution is 2.52. The molecule has 5 heteroatoms. The first-order valence-corrected chi connectivity index (χ1v) is 6.10. The van der Waals surface area contributed by atoms with Crippen molar-refractivity contribution in [3.05, 3.63) is 29.1 Å². The van der Waals surface area contributed by atoms with E-state index in [1.165, 1.54) is 13.2 Å². The molecule has 0 amide bonds. The molecule has 1 aromatic rings. The third-order valence-corrected chi connectivity index (χ3v) is 3.59. The van der Waals surface area contributed by atoms with Crippen molar-refractivity contribution >= 4 is 5.97 Å². The van der Waals surface area contributed by atoms with Gasteiger partial charge in [-0.05, 0) is 36.1 Å². The maximum atomic E-state index is 13.9. The minimum Gasteiger partial charge on any atom is -0.494 e. The molecule has 1 fully saturated rings. The van der Waals surface area contributed by atoms with E-state index in [1.807, 2.05) is 0 Å². The molecule has 0 aromatic heterocycles. The fraction of sp³-hybridized carbons (Fsp3) is 0.500. The van der Waals surface area contributed by atoms with Crippen LogP contribution in [0.4, 0.5) is 4.39 Å². The summed E-state index contributed by atoms with van der Waals surface area (Å²) in [5.41, 5.74) is 1.09. The van der Waals surface area contributed by atoms with Crippen molar-refractivity contribution in [3.63, 3.8) is 0 Å². The molecule has 1 aromatic carbocycles. The molecule has 1 saturated carbocycles. The van der Waals surface area contributed by atoms with Crippen molar-refractivity contribution in [2.24, 2.45) is 0 Å². The highest BCUT2D eigenvalue weighted by molar-refractivity contribution is 5.70. The molecule has 0 atom stereocenters. The highest BCUT2D eigenvalue weighted by atomic mass is 19.1. The average Bonchev–Trinajstić information content (AvgIpc) is 3.11. The molecule has 104 valence electrons. The molecule has 0 spiro atoms. The van der Waals surface area contributed by atoms with E-state index in [0.29, 0.717) is 6.61 Å². The molecule has 0 saturated heterocycles. The van der Waals surface area contributed by atoms with Gasteiger partial charge in [0.2, 0.25) is 0 Å². The lowest BCUT2D eigenvalue weighted by atomic mass is 9.88. The van der Waals surface area contributed by atoms with Gasteiger partial charge in [0.15, 0.2) is 11.6 Å². The van der Waals surface area contributed by atoms with Crippen molar-refractivity contribution < 1.29 is 23.8 Å². The van der Waals surface area contributed by atoms with Crippen molar-refractivity contribution in [2.45, 2.75) is 31.3 Å². The Labute approximate surface area is 111 Å². The van der Waals surface area contributed by atoms with Crippen LogP contribution in [0.3, 0.4) is 0 Å². The summed E-state index contributed by atoms with van der Waals surface area (Å²) in [6, 6.07) is 2.99. The summed E-state index contributed by atoms with van der Waals surface area (Å²) in [6.07, 6.45) is 1.55.